The SMILES string of the molecule is CC(Oc1cccc(-c2cccc(-n3ncc(C(=O)O)c3[C@H]3C[C@@H]3c3cn(C4CCOCC4)nn3)c2)c1)C1CCCCC1. The van der Waals surface area contributed by atoms with E-state index in [4.69, 9.17) is 9.47 Å². The van der Waals surface area contributed by atoms with Gasteiger partial charge < -0.3 is 14.6 Å². The minimum atomic E-state index is -0.967. The van der Waals surface area contributed by atoms with E-state index in [-0.39, 0.29) is 23.5 Å². The first-order chi connectivity index (χ1) is 21.0. The average molecular weight is 582 g/mol. The molecule has 0 radical (unpaired) electrons. The lowest BCUT2D eigenvalue weighted by molar-refractivity contribution is 0.0657. The minimum absolute atomic E-state index is 0.00935. The summed E-state index contributed by atoms with van der Waals surface area (Å²) in [6.07, 6.45) is 12.8. The van der Waals surface area contributed by atoms with Crippen molar-refractivity contribution in [2.45, 2.75) is 82.3 Å². The maximum absolute atomic E-state index is 12.3. The first-order valence-corrected chi connectivity index (χ1v) is 15.7. The third-order valence-corrected chi connectivity index (χ3v) is 9.55. The second-order valence-corrected chi connectivity index (χ2v) is 12.4. The number of carbonyl (C=O) groups is 1. The van der Waals surface area contributed by atoms with Gasteiger partial charge in [-0.25, -0.2) is 14.2 Å². The number of aromatic carboxylic acids is 1. The fourth-order valence-electron chi connectivity index (χ4n) is 6.98. The Morgan fingerprint density at radius 1 is 1.00 bits per heavy atom. The van der Waals surface area contributed by atoms with Gasteiger partial charge in [0.05, 0.1) is 35.4 Å². The highest BCUT2D eigenvalue weighted by Gasteiger charge is 2.46. The monoisotopic (exact) mass is 581 g/mol. The van der Waals surface area contributed by atoms with Crippen LogP contribution < -0.4 is 4.74 Å². The number of rotatable bonds is 9. The highest BCUT2D eigenvalue weighted by molar-refractivity contribution is 5.89. The molecular weight excluding hydrogens is 542 g/mol. The molecule has 9 heteroatoms. The molecule has 7 rings (SSSR count). The summed E-state index contributed by atoms with van der Waals surface area (Å²) in [5, 5.41) is 23.5. The van der Waals surface area contributed by atoms with Crippen molar-refractivity contribution in [1.82, 2.24) is 24.8 Å². The van der Waals surface area contributed by atoms with Gasteiger partial charge in [0.1, 0.15) is 11.3 Å². The molecule has 2 saturated carbocycles. The normalized spacial score (nSPS) is 21.9. The third-order valence-electron chi connectivity index (χ3n) is 9.55. The van der Waals surface area contributed by atoms with Gasteiger partial charge in [-0.2, -0.15) is 5.10 Å². The Morgan fingerprint density at radius 2 is 1.77 bits per heavy atom. The number of hydrogen-bond donors (Lipinski definition) is 1. The minimum Gasteiger partial charge on any atom is -0.490 e. The van der Waals surface area contributed by atoms with Crippen molar-refractivity contribution < 1.29 is 19.4 Å². The average Bonchev–Trinajstić information content (AvgIpc) is 3.45. The number of aromatic nitrogens is 5. The van der Waals surface area contributed by atoms with Crippen molar-refractivity contribution in [3.8, 4) is 22.6 Å². The first kappa shape index (κ1) is 27.8. The van der Waals surface area contributed by atoms with Crippen LogP contribution in [-0.4, -0.2) is 55.2 Å². The van der Waals surface area contributed by atoms with Crippen LogP contribution in [0, 0.1) is 5.92 Å². The fourth-order valence-corrected chi connectivity index (χ4v) is 6.98. The number of carboxylic acids is 1. The smallest absolute Gasteiger partial charge is 0.339 e. The van der Waals surface area contributed by atoms with Crippen LogP contribution in [-0.2, 0) is 4.74 Å². The topological polar surface area (TPSA) is 104 Å². The molecule has 0 bridgehead atoms. The van der Waals surface area contributed by atoms with Gasteiger partial charge in [-0.05, 0) is 80.3 Å². The molecule has 0 amide bonds. The van der Waals surface area contributed by atoms with Gasteiger partial charge in [-0.1, -0.05) is 48.7 Å². The van der Waals surface area contributed by atoms with Crippen LogP contribution in [0.3, 0.4) is 0 Å². The van der Waals surface area contributed by atoms with Crippen LogP contribution >= 0.6 is 0 Å². The van der Waals surface area contributed by atoms with E-state index in [0.717, 1.165) is 60.7 Å². The quantitative estimate of drug-likeness (QED) is 0.232. The molecule has 2 aromatic carbocycles. The molecule has 3 atom stereocenters. The highest BCUT2D eigenvalue weighted by Crippen LogP contribution is 2.55. The van der Waals surface area contributed by atoms with Crippen LogP contribution in [0.25, 0.3) is 16.8 Å². The van der Waals surface area contributed by atoms with Crippen molar-refractivity contribution in [3.05, 3.63) is 77.9 Å². The zero-order valence-electron chi connectivity index (χ0n) is 24.6. The summed E-state index contributed by atoms with van der Waals surface area (Å²) in [6.45, 7) is 3.67. The Kier molecular flexibility index (Phi) is 7.74. The zero-order valence-corrected chi connectivity index (χ0v) is 24.6. The lowest BCUT2D eigenvalue weighted by Gasteiger charge is -2.28. The largest absolute Gasteiger partial charge is 0.490 e. The van der Waals surface area contributed by atoms with Crippen molar-refractivity contribution in [3.63, 3.8) is 0 Å². The molecular formula is C34H39N5O4. The standard InChI is InChI=1S/C34H39N5O4/c1-22(23-7-3-2-4-8-23)43-28-12-6-10-25(18-28)24-9-5-11-27(17-24)39-33(31(20-35-39)34(40)41)30-19-29(30)32-21-38(37-36-32)26-13-15-42-16-14-26/h5-6,9-12,17-18,20-23,26,29-30H,2-4,7-8,13-16,19H2,1H3,(H,40,41)/t22?,29-,30-/m0/s1. The molecule has 3 fully saturated rings. The second-order valence-electron chi connectivity index (χ2n) is 12.4. The molecule has 1 N–H and O–H groups in total. The van der Waals surface area contributed by atoms with Crippen LogP contribution in [0.2, 0.25) is 0 Å². The van der Waals surface area contributed by atoms with Crippen molar-refractivity contribution in [1.29, 1.82) is 0 Å². The molecule has 1 saturated heterocycles. The van der Waals surface area contributed by atoms with Crippen molar-refractivity contribution >= 4 is 5.97 Å². The molecule has 2 aliphatic carbocycles. The van der Waals surface area contributed by atoms with Gasteiger partial charge >= 0.3 is 5.97 Å². The summed E-state index contributed by atoms with van der Waals surface area (Å²) in [5.74, 6) is 0.648. The Balaban J connectivity index is 1.13. The Hall–Kier alpha value is -3.98. The molecule has 224 valence electrons. The van der Waals surface area contributed by atoms with Crippen LogP contribution in [0.5, 0.6) is 5.75 Å². The van der Waals surface area contributed by atoms with Gasteiger partial charge in [0.25, 0.3) is 0 Å². The molecule has 1 aliphatic heterocycles. The van der Waals surface area contributed by atoms with Crippen molar-refractivity contribution in [2.24, 2.45) is 5.92 Å². The Labute approximate surface area is 251 Å². The second kappa shape index (κ2) is 12.0. The van der Waals surface area contributed by atoms with Crippen LogP contribution in [0.4, 0.5) is 0 Å². The molecule has 9 nitrogen and oxygen atoms in total. The predicted molar refractivity (Wildman–Crippen MR) is 162 cm³/mol. The number of hydrogen-bond acceptors (Lipinski definition) is 6. The molecule has 43 heavy (non-hydrogen) atoms. The summed E-state index contributed by atoms with van der Waals surface area (Å²) < 4.78 is 15.7. The van der Waals surface area contributed by atoms with E-state index < -0.39 is 5.97 Å². The lowest BCUT2D eigenvalue weighted by atomic mass is 9.86. The molecule has 3 aliphatic rings. The van der Waals surface area contributed by atoms with E-state index in [2.05, 4.69) is 46.6 Å². The lowest BCUT2D eigenvalue weighted by Crippen LogP contribution is -2.25. The van der Waals surface area contributed by atoms with E-state index in [9.17, 15) is 9.90 Å². The Bertz CT molecular complexity index is 1580. The summed E-state index contributed by atoms with van der Waals surface area (Å²) in [4.78, 5) is 12.3. The molecule has 3 heterocycles. The molecule has 1 unspecified atom stereocenters. The van der Waals surface area contributed by atoms with Gasteiger partial charge in [-0.15, -0.1) is 5.10 Å². The van der Waals surface area contributed by atoms with E-state index in [0.29, 0.717) is 17.7 Å². The van der Waals surface area contributed by atoms with Crippen LogP contribution in [0.15, 0.2) is 60.9 Å². The zero-order chi connectivity index (χ0) is 29.3. The summed E-state index contributed by atoms with van der Waals surface area (Å²) in [6, 6.07) is 16.7. The molecule has 4 aromatic rings. The predicted octanol–water partition coefficient (Wildman–Crippen LogP) is 6.80. The number of carboxylic acid groups (broad SMARTS) is 1. The van der Waals surface area contributed by atoms with Gasteiger partial charge in [0.15, 0.2) is 0 Å². The van der Waals surface area contributed by atoms with E-state index in [1.54, 1.807) is 4.68 Å². The summed E-state index contributed by atoms with van der Waals surface area (Å²) >= 11 is 0. The Morgan fingerprint density at radius 3 is 2.56 bits per heavy atom. The summed E-state index contributed by atoms with van der Waals surface area (Å²) in [7, 11) is 0. The first-order valence-electron chi connectivity index (χ1n) is 15.7. The highest BCUT2D eigenvalue weighted by atomic mass is 16.5. The molecule has 2 aromatic heterocycles. The van der Waals surface area contributed by atoms with E-state index in [1.165, 1.54) is 38.3 Å². The maximum atomic E-state index is 12.3. The maximum Gasteiger partial charge on any atom is 0.339 e. The van der Waals surface area contributed by atoms with Gasteiger partial charge in [0, 0.05) is 31.2 Å². The number of nitrogens with zero attached hydrogens (tertiary/aromatic N) is 5. The van der Waals surface area contributed by atoms with Gasteiger partial charge in [-0.3, -0.25) is 0 Å². The van der Waals surface area contributed by atoms with E-state index >= 15 is 0 Å². The van der Waals surface area contributed by atoms with Crippen LogP contribution in [0.1, 0.15) is 97.9 Å². The number of benzene rings is 2. The fraction of sp³-hybridized carbons (Fsp3) is 0.471. The van der Waals surface area contributed by atoms with Gasteiger partial charge in [0.2, 0.25) is 0 Å². The third kappa shape index (κ3) is 5.83. The van der Waals surface area contributed by atoms with E-state index in [1.807, 2.05) is 35.1 Å². The molecule has 0 spiro atoms. The number of ether oxygens (including phenoxy) is 2. The summed E-state index contributed by atoms with van der Waals surface area (Å²) in [5.41, 5.74) is 4.78. The van der Waals surface area contributed by atoms with Crippen molar-refractivity contribution in [2.75, 3.05) is 13.2 Å².